The quantitative estimate of drug-likeness (QED) is 0.614. The fraction of sp³-hybridized carbons (Fsp3) is 0.571. The Morgan fingerprint density at radius 2 is 1.80 bits per heavy atom. The molecule has 1 aromatic rings. The molecule has 0 aromatic carbocycles. The highest BCUT2D eigenvalue weighted by atomic mass is 16.5. The van der Waals surface area contributed by atoms with Gasteiger partial charge in [-0.05, 0) is 25.7 Å². The van der Waals surface area contributed by atoms with Gasteiger partial charge in [0.2, 0.25) is 17.7 Å². The zero-order chi connectivity index (χ0) is 13.7. The summed E-state index contributed by atoms with van der Waals surface area (Å²) in [5.74, 6) is 0.875. The number of carbonyl (C=O) groups is 2. The third kappa shape index (κ3) is 1.78. The molecular formula is C14H15N3O3. The second-order valence-corrected chi connectivity index (χ2v) is 5.74. The zero-order valence-electron chi connectivity index (χ0n) is 11.0. The lowest BCUT2D eigenvalue weighted by atomic mass is 9.85. The van der Waals surface area contributed by atoms with Gasteiger partial charge in [0.05, 0.1) is 18.4 Å². The number of hydrogen-bond donors (Lipinski definition) is 0. The summed E-state index contributed by atoms with van der Waals surface area (Å²) >= 11 is 0. The summed E-state index contributed by atoms with van der Waals surface area (Å²) < 4.78 is 5.17. The third-order valence-electron chi connectivity index (χ3n) is 4.31. The second-order valence-electron chi connectivity index (χ2n) is 5.74. The molecule has 3 aliphatic rings. The first-order valence-corrected chi connectivity index (χ1v) is 7.06. The van der Waals surface area contributed by atoms with Gasteiger partial charge >= 0.3 is 0 Å². The lowest BCUT2D eigenvalue weighted by Crippen LogP contribution is -2.31. The van der Waals surface area contributed by atoms with Gasteiger partial charge in [-0.15, -0.1) is 0 Å². The number of hydrogen-bond acceptors (Lipinski definition) is 5. The van der Waals surface area contributed by atoms with E-state index >= 15 is 0 Å². The molecule has 2 fully saturated rings. The van der Waals surface area contributed by atoms with Gasteiger partial charge in [0, 0.05) is 5.92 Å². The molecule has 1 saturated carbocycles. The Morgan fingerprint density at radius 3 is 2.40 bits per heavy atom. The summed E-state index contributed by atoms with van der Waals surface area (Å²) in [6.45, 7) is 0.140. The summed E-state index contributed by atoms with van der Waals surface area (Å²) in [6.07, 6.45) is 7.44. The normalized spacial score (nSPS) is 29.1. The van der Waals surface area contributed by atoms with Gasteiger partial charge in [0.25, 0.3) is 0 Å². The van der Waals surface area contributed by atoms with Gasteiger partial charge in [-0.2, -0.15) is 4.98 Å². The maximum atomic E-state index is 12.3. The van der Waals surface area contributed by atoms with Crippen molar-refractivity contribution in [1.82, 2.24) is 15.0 Å². The Balaban J connectivity index is 1.53. The van der Waals surface area contributed by atoms with E-state index in [4.69, 9.17) is 4.52 Å². The molecule has 0 N–H and O–H groups in total. The Labute approximate surface area is 115 Å². The van der Waals surface area contributed by atoms with Gasteiger partial charge < -0.3 is 4.52 Å². The van der Waals surface area contributed by atoms with Gasteiger partial charge in [0.1, 0.15) is 0 Å². The van der Waals surface area contributed by atoms with Crippen LogP contribution in [0.1, 0.15) is 43.3 Å². The molecule has 0 spiro atoms. The number of allylic oxidation sites excluding steroid dienone is 2. The van der Waals surface area contributed by atoms with Crippen LogP contribution in [-0.2, 0) is 16.1 Å². The number of aromatic nitrogens is 2. The van der Waals surface area contributed by atoms with Crippen LogP contribution in [0.4, 0.5) is 0 Å². The summed E-state index contributed by atoms with van der Waals surface area (Å²) in [5, 5.41) is 3.88. The van der Waals surface area contributed by atoms with E-state index in [2.05, 4.69) is 10.1 Å². The molecule has 2 atom stereocenters. The maximum absolute atomic E-state index is 12.3. The van der Waals surface area contributed by atoms with Gasteiger partial charge in [-0.3, -0.25) is 14.5 Å². The first kappa shape index (κ1) is 11.8. The first-order chi connectivity index (χ1) is 9.74. The molecule has 0 unspecified atom stereocenters. The van der Waals surface area contributed by atoms with Crippen molar-refractivity contribution in [3.8, 4) is 0 Å². The van der Waals surface area contributed by atoms with Crippen molar-refractivity contribution >= 4 is 11.8 Å². The maximum Gasteiger partial charge on any atom is 0.233 e. The van der Waals surface area contributed by atoms with Crippen molar-refractivity contribution in [3.05, 3.63) is 23.9 Å². The highest BCUT2D eigenvalue weighted by molar-refractivity contribution is 6.05. The van der Waals surface area contributed by atoms with Gasteiger partial charge in [-0.25, -0.2) is 0 Å². The van der Waals surface area contributed by atoms with Crippen LogP contribution >= 0.6 is 0 Å². The van der Waals surface area contributed by atoms with E-state index in [0.29, 0.717) is 30.5 Å². The van der Waals surface area contributed by atoms with E-state index in [9.17, 15) is 9.59 Å². The summed E-state index contributed by atoms with van der Waals surface area (Å²) in [6, 6.07) is 0. The molecule has 1 aliphatic heterocycles. The van der Waals surface area contributed by atoms with Crippen LogP contribution in [0.5, 0.6) is 0 Å². The lowest BCUT2D eigenvalue weighted by Gasteiger charge is -2.14. The molecule has 6 nitrogen and oxygen atoms in total. The second kappa shape index (κ2) is 4.26. The zero-order valence-corrected chi connectivity index (χ0v) is 11.0. The molecule has 2 amide bonds. The predicted octanol–water partition coefficient (Wildman–Crippen LogP) is 1.40. The van der Waals surface area contributed by atoms with E-state index in [-0.39, 0.29) is 30.2 Å². The van der Waals surface area contributed by atoms with Crippen LogP contribution in [0.3, 0.4) is 0 Å². The summed E-state index contributed by atoms with van der Waals surface area (Å²) in [4.78, 5) is 30.2. The van der Waals surface area contributed by atoms with Crippen LogP contribution in [-0.4, -0.2) is 26.9 Å². The van der Waals surface area contributed by atoms with Crippen LogP contribution in [0.15, 0.2) is 16.7 Å². The minimum absolute atomic E-state index is 0.0953. The molecule has 20 heavy (non-hydrogen) atoms. The van der Waals surface area contributed by atoms with Crippen molar-refractivity contribution in [2.24, 2.45) is 11.8 Å². The smallest absolute Gasteiger partial charge is 0.233 e. The van der Waals surface area contributed by atoms with Crippen molar-refractivity contribution in [2.45, 2.75) is 38.1 Å². The molecule has 0 radical (unpaired) electrons. The average molecular weight is 273 g/mol. The number of carbonyl (C=O) groups excluding carboxylic acids is 2. The summed E-state index contributed by atoms with van der Waals surface area (Å²) in [5.41, 5.74) is 0. The number of likely N-dealkylation sites (tertiary alicyclic amines) is 1. The van der Waals surface area contributed by atoms with Crippen molar-refractivity contribution in [1.29, 1.82) is 0 Å². The SMILES string of the molecule is O=C1[C@H]2CC=CC[C@@H]2C(=O)N1Cc1noc(C2CC2)n1. The van der Waals surface area contributed by atoms with E-state index in [0.717, 1.165) is 12.8 Å². The fourth-order valence-corrected chi connectivity index (χ4v) is 2.99. The largest absolute Gasteiger partial charge is 0.339 e. The van der Waals surface area contributed by atoms with E-state index < -0.39 is 0 Å². The number of rotatable bonds is 3. The minimum atomic E-state index is -0.192. The average Bonchev–Trinajstić information content (AvgIpc) is 3.18. The topological polar surface area (TPSA) is 76.3 Å². The Bertz CT molecular complexity index is 577. The van der Waals surface area contributed by atoms with Gasteiger partial charge in [0.15, 0.2) is 5.82 Å². The fourth-order valence-electron chi connectivity index (χ4n) is 2.99. The molecule has 104 valence electrons. The highest BCUT2D eigenvalue weighted by Gasteiger charge is 2.47. The molecule has 6 heteroatoms. The minimum Gasteiger partial charge on any atom is -0.339 e. The molecule has 0 bridgehead atoms. The molecule has 4 rings (SSSR count). The molecule has 2 aliphatic carbocycles. The van der Waals surface area contributed by atoms with Crippen LogP contribution in [0.25, 0.3) is 0 Å². The summed E-state index contributed by atoms with van der Waals surface area (Å²) in [7, 11) is 0. The molecule has 2 heterocycles. The van der Waals surface area contributed by atoms with Gasteiger partial charge in [-0.1, -0.05) is 17.3 Å². The number of imide groups is 1. The lowest BCUT2D eigenvalue weighted by molar-refractivity contribution is -0.140. The van der Waals surface area contributed by atoms with Crippen molar-refractivity contribution < 1.29 is 14.1 Å². The van der Waals surface area contributed by atoms with Crippen LogP contribution < -0.4 is 0 Å². The standard InChI is InChI=1S/C14H15N3O3/c18-13-9-3-1-2-4-10(9)14(19)17(13)7-11-15-12(20-16-11)8-5-6-8/h1-2,8-10H,3-7H2/t9-,10-/m0/s1. The van der Waals surface area contributed by atoms with E-state index in [1.807, 2.05) is 12.2 Å². The van der Waals surface area contributed by atoms with Crippen molar-refractivity contribution in [3.63, 3.8) is 0 Å². The van der Waals surface area contributed by atoms with Crippen LogP contribution in [0.2, 0.25) is 0 Å². The Kier molecular flexibility index (Phi) is 2.52. The number of nitrogens with zero attached hydrogens (tertiary/aromatic N) is 3. The number of fused-ring (bicyclic) bond motifs is 1. The molecule has 1 saturated heterocycles. The Morgan fingerprint density at radius 1 is 1.15 bits per heavy atom. The third-order valence-corrected chi connectivity index (χ3v) is 4.31. The van der Waals surface area contributed by atoms with Crippen molar-refractivity contribution in [2.75, 3.05) is 0 Å². The predicted molar refractivity (Wildman–Crippen MR) is 67.2 cm³/mol. The highest BCUT2D eigenvalue weighted by Crippen LogP contribution is 2.39. The van der Waals surface area contributed by atoms with Crippen LogP contribution in [0, 0.1) is 11.8 Å². The number of amides is 2. The molecular weight excluding hydrogens is 258 g/mol. The first-order valence-electron chi connectivity index (χ1n) is 7.06. The Hall–Kier alpha value is -1.98. The van der Waals surface area contributed by atoms with E-state index in [1.54, 1.807) is 0 Å². The monoisotopic (exact) mass is 273 g/mol. The molecule has 1 aromatic heterocycles. The van der Waals surface area contributed by atoms with E-state index in [1.165, 1.54) is 4.90 Å².